The van der Waals surface area contributed by atoms with Gasteiger partial charge in [0.15, 0.2) is 12.2 Å². The van der Waals surface area contributed by atoms with Gasteiger partial charge >= 0.3 is 39.5 Å². The molecule has 2 unspecified atom stereocenters. The number of rotatable bonds is 98. The highest BCUT2D eigenvalue weighted by atomic mass is 31.2. The molecule has 0 aliphatic rings. The Bertz CT molecular complexity index is 2210. The van der Waals surface area contributed by atoms with Gasteiger partial charge in [-0.3, -0.25) is 37.3 Å². The maximum absolute atomic E-state index is 13.2. The van der Waals surface area contributed by atoms with Crippen LogP contribution in [0.5, 0.6) is 0 Å². The minimum atomic E-state index is -4.97. The Morgan fingerprint density at radius 2 is 0.393 bits per heavy atom. The largest absolute Gasteiger partial charge is 0.472 e. The van der Waals surface area contributed by atoms with Crippen LogP contribution in [0, 0.1) is 5.92 Å². The highest BCUT2D eigenvalue weighted by Gasteiger charge is 2.31. The lowest BCUT2D eigenvalue weighted by atomic mass is 10.0. The first-order valence-corrected chi connectivity index (χ1v) is 53.6. The van der Waals surface area contributed by atoms with Gasteiger partial charge in [-0.1, -0.05) is 490 Å². The number of aliphatic hydroxyl groups excluding tert-OH is 1. The fraction of sp³-hybridized carbons (Fsp3) is 0.959. The summed E-state index contributed by atoms with van der Waals surface area (Å²) in [5.41, 5.74) is 0. The van der Waals surface area contributed by atoms with Crippen molar-refractivity contribution < 1.29 is 80.2 Å². The molecule has 0 aliphatic heterocycles. The minimum absolute atomic E-state index is 0.110. The third-order valence-electron chi connectivity index (χ3n) is 23.3. The van der Waals surface area contributed by atoms with E-state index in [0.29, 0.717) is 25.7 Å². The number of carbonyl (C=O) groups is 4. The summed E-state index contributed by atoms with van der Waals surface area (Å²) in [5, 5.41) is 10.7. The van der Waals surface area contributed by atoms with Crippen molar-refractivity contribution in [2.24, 2.45) is 5.92 Å². The first-order valence-electron chi connectivity index (χ1n) is 50.6. The molecule has 0 amide bonds. The Balaban J connectivity index is 5.24. The molecule has 0 aromatic heterocycles. The van der Waals surface area contributed by atoms with E-state index in [4.69, 9.17) is 37.0 Å². The molecule has 117 heavy (non-hydrogen) atoms. The molecule has 0 saturated heterocycles. The first-order chi connectivity index (χ1) is 57.0. The normalized spacial score (nSPS) is 13.6. The third kappa shape index (κ3) is 91.6. The number of carbonyl (C=O) groups excluding carboxylic acids is 4. The van der Waals surface area contributed by atoms with Crippen LogP contribution >= 0.6 is 15.6 Å². The number of ether oxygens (including phenoxy) is 4. The Labute approximate surface area is 721 Å². The van der Waals surface area contributed by atoms with Gasteiger partial charge in [-0.15, -0.1) is 0 Å². The van der Waals surface area contributed by atoms with E-state index in [0.717, 1.165) is 95.8 Å². The Hall–Kier alpha value is -1.94. The number of phosphoric acid groups is 2. The summed E-state index contributed by atoms with van der Waals surface area (Å²) in [6.45, 7) is 7.47. The quantitative estimate of drug-likeness (QED) is 0.0222. The van der Waals surface area contributed by atoms with E-state index in [-0.39, 0.29) is 25.7 Å². The molecule has 0 bridgehead atoms. The predicted octanol–water partition coefficient (Wildman–Crippen LogP) is 31.1. The van der Waals surface area contributed by atoms with Gasteiger partial charge in [-0.05, 0) is 31.6 Å². The highest BCUT2D eigenvalue weighted by Crippen LogP contribution is 2.45. The lowest BCUT2D eigenvalue weighted by Crippen LogP contribution is -2.30. The van der Waals surface area contributed by atoms with E-state index in [2.05, 4.69) is 34.6 Å². The van der Waals surface area contributed by atoms with Gasteiger partial charge in [-0.2, -0.15) is 0 Å². The summed E-state index contributed by atoms with van der Waals surface area (Å²) >= 11 is 0. The van der Waals surface area contributed by atoms with Crippen LogP contribution in [-0.2, 0) is 65.4 Å². The molecule has 0 aliphatic carbocycles. The average Bonchev–Trinajstić information content (AvgIpc) is 0.896. The molecule has 17 nitrogen and oxygen atoms in total. The number of esters is 4. The smallest absolute Gasteiger partial charge is 0.462 e. The Morgan fingerprint density at radius 3 is 0.581 bits per heavy atom. The van der Waals surface area contributed by atoms with Crippen molar-refractivity contribution in [3.8, 4) is 0 Å². The SMILES string of the molecule is CCCCCCCCCCCCCCCCCCCCCCCCC(=O)O[C@H](COC(=O)CCCCCCCCCCCCCCCCCCCCC(C)C)COP(=O)(O)OC[C@@H](O)COP(=O)(O)OC[C@@H](COC(=O)CCCCCCCCCCCCCCC)OC(=O)CCCCCCCCCCCCCCCCCCCCCCC. The molecule has 5 atom stereocenters. The molecule has 0 aromatic rings. The lowest BCUT2D eigenvalue weighted by molar-refractivity contribution is -0.161. The summed E-state index contributed by atoms with van der Waals surface area (Å²) in [5.74, 6) is -1.26. The van der Waals surface area contributed by atoms with E-state index in [1.165, 1.54) is 366 Å². The van der Waals surface area contributed by atoms with Crippen LogP contribution in [0.25, 0.3) is 0 Å². The van der Waals surface area contributed by atoms with Crippen LogP contribution in [0.3, 0.4) is 0 Å². The Kier molecular flexibility index (Phi) is 88.8. The standard InChI is InChI=1S/C98H192O17P2/c1-6-9-12-15-18-21-24-27-29-31-33-35-37-39-45-49-54-59-64-69-74-79-84-98(103)115-94(88-109-96(101)82-77-72-67-62-57-52-47-43-41-40-42-46-51-55-60-65-70-75-80-91(4)5)90-113-117(106,107)111-86-92(99)85-110-116(104,105)112-89-93(87-108-95(100)81-76-71-66-61-56-50-26-23-20-17-14-11-8-3)114-97(102)83-78-73-68-63-58-53-48-44-38-36-34-32-30-28-25-22-19-16-13-10-7-2/h91-94,99H,6-90H2,1-5H3,(H,104,105)(H,106,107)/t92-,93+,94+/m0/s1. The Morgan fingerprint density at radius 1 is 0.231 bits per heavy atom. The topological polar surface area (TPSA) is 237 Å². The number of hydrogen-bond donors (Lipinski definition) is 3. The van der Waals surface area contributed by atoms with Crippen LogP contribution in [0.1, 0.15) is 542 Å². The van der Waals surface area contributed by atoms with E-state index in [9.17, 15) is 43.2 Å². The average molecular weight is 1700 g/mol. The first kappa shape index (κ1) is 115. The monoisotopic (exact) mass is 1700 g/mol. The minimum Gasteiger partial charge on any atom is -0.462 e. The van der Waals surface area contributed by atoms with Crippen LogP contribution in [-0.4, -0.2) is 96.7 Å². The second-order valence-electron chi connectivity index (χ2n) is 35.6. The fourth-order valence-electron chi connectivity index (χ4n) is 15.6. The van der Waals surface area contributed by atoms with Gasteiger partial charge in [-0.25, -0.2) is 9.13 Å². The van der Waals surface area contributed by atoms with E-state index in [1.807, 2.05) is 0 Å². The highest BCUT2D eigenvalue weighted by molar-refractivity contribution is 7.47. The van der Waals surface area contributed by atoms with Crippen molar-refractivity contribution in [1.82, 2.24) is 0 Å². The van der Waals surface area contributed by atoms with Crippen molar-refractivity contribution in [2.45, 2.75) is 560 Å². The van der Waals surface area contributed by atoms with Crippen LogP contribution in [0.2, 0.25) is 0 Å². The van der Waals surface area contributed by atoms with E-state index >= 15 is 0 Å². The van der Waals surface area contributed by atoms with Gasteiger partial charge in [0.1, 0.15) is 19.3 Å². The van der Waals surface area contributed by atoms with E-state index < -0.39 is 97.5 Å². The number of aliphatic hydroxyl groups is 1. The molecule has 0 rings (SSSR count). The van der Waals surface area contributed by atoms with Crippen molar-refractivity contribution in [2.75, 3.05) is 39.6 Å². The third-order valence-corrected chi connectivity index (χ3v) is 25.2. The van der Waals surface area contributed by atoms with E-state index in [1.54, 1.807) is 0 Å². The maximum atomic E-state index is 13.2. The summed E-state index contributed by atoms with van der Waals surface area (Å²) in [4.78, 5) is 73.7. The molecular formula is C98H192O17P2. The van der Waals surface area contributed by atoms with Gasteiger partial charge in [0.2, 0.25) is 0 Å². The maximum Gasteiger partial charge on any atom is 0.472 e. The van der Waals surface area contributed by atoms with Crippen molar-refractivity contribution in [1.29, 1.82) is 0 Å². The molecule has 696 valence electrons. The van der Waals surface area contributed by atoms with Crippen molar-refractivity contribution in [3.05, 3.63) is 0 Å². The summed E-state index contributed by atoms with van der Waals surface area (Å²) < 4.78 is 69.3. The van der Waals surface area contributed by atoms with Gasteiger partial charge in [0, 0.05) is 25.7 Å². The zero-order chi connectivity index (χ0) is 85.4. The summed E-state index contributed by atoms with van der Waals surface area (Å²) in [6.07, 6.45) is 89.1. The molecule has 0 saturated carbocycles. The lowest BCUT2D eigenvalue weighted by Gasteiger charge is -2.21. The second-order valence-corrected chi connectivity index (χ2v) is 38.6. The fourth-order valence-corrected chi connectivity index (χ4v) is 17.2. The molecular weight excluding hydrogens is 1510 g/mol. The molecule has 0 radical (unpaired) electrons. The number of unbranched alkanes of at least 4 members (excludes halogenated alkanes) is 70. The van der Waals surface area contributed by atoms with Gasteiger partial charge in [0.05, 0.1) is 26.4 Å². The molecule has 0 aromatic carbocycles. The summed E-state index contributed by atoms with van der Waals surface area (Å²) in [7, 11) is -9.94. The van der Waals surface area contributed by atoms with Crippen LogP contribution < -0.4 is 0 Å². The zero-order valence-corrected chi connectivity index (χ0v) is 79.2. The second kappa shape index (κ2) is 90.3. The summed E-state index contributed by atoms with van der Waals surface area (Å²) in [6, 6.07) is 0. The van der Waals surface area contributed by atoms with Crippen molar-refractivity contribution >= 4 is 39.5 Å². The molecule has 0 fully saturated rings. The predicted molar refractivity (Wildman–Crippen MR) is 488 cm³/mol. The van der Waals surface area contributed by atoms with Crippen molar-refractivity contribution in [3.63, 3.8) is 0 Å². The molecule has 3 N–H and O–H groups in total. The number of hydrogen-bond acceptors (Lipinski definition) is 15. The zero-order valence-electron chi connectivity index (χ0n) is 77.4. The van der Waals surface area contributed by atoms with Crippen LogP contribution in [0.4, 0.5) is 0 Å². The number of phosphoric ester groups is 2. The van der Waals surface area contributed by atoms with Gasteiger partial charge < -0.3 is 33.8 Å². The molecule has 0 heterocycles. The molecule has 0 spiro atoms. The van der Waals surface area contributed by atoms with Crippen LogP contribution in [0.15, 0.2) is 0 Å². The van der Waals surface area contributed by atoms with Gasteiger partial charge in [0.25, 0.3) is 0 Å². The molecule has 19 heteroatoms.